The van der Waals surface area contributed by atoms with Crippen LogP contribution in [0.5, 0.6) is 0 Å². The highest BCUT2D eigenvalue weighted by Crippen LogP contribution is 2.18. The largest absolute Gasteiger partial charge is 0.402 e. The van der Waals surface area contributed by atoms with E-state index in [1.54, 1.807) is 31.1 Å². The normalized spacial score (nSPS) is 9.98. The first kappa shape index (κ1) is 67.3. The Labute approximate surface area is 513 Å². The molecule has 0 saturated carbocycles. The van der Waals surface area contributed by atoms with Crippen LogP contribution in [0, 0.1) is 62.3 Å². The Bertz CT molecular complexity index is 3700. The summed E-state index contributed by atoms with van der Waals surface area (Å²) in [5.41, 5.74) is 14.3. The second kappa shape index (κ2) is 34.3. The number of oxazole rings is 1. The molecule has 9 aromatic heterocycles. The molecule has 0 atom stereocenters. The summed E-state index contributed by atoms with van der Waals surface area (Å²) in [4.78, 5) is 16.2. The van der Waals surface area contributed by atoms with Crippen LogP contribution in [0.2, 0.25) is 0 Å². The molecular weight excluding hydrogens is 1080 g/mol. The van der Waals surface area contributed by atoms with Crippen LogP contribution in [0.1, 0.15) is 50.9 Å². The third-order valence-corrected chi connectivity index (χ3v) is 15.6. The summed E-state index contributed by atoms with van der Waals surface area (Å²) in [6.07, 6.45) is 18.6. The van der Waals surface area contributed by atoms with Gasteiger partial charge in [-0.2, -0.15) is 18.3 Å². The SMILES string of the molecule is Cc1ccc2ccccc2[n+]1C.Cc1cccc[n+]1C.Cc1cccn[n+]1C.Cc1ccnc[n+]1C.Cc1cnc2ccccc2[n+]1C.Cc1cncc[n+]1C.Cc1nccc[n+]1C.Cc1oc2ccccc2[n+]1C.Cc1sc2ccccc2[n+]1C. The van der Waals surface area contributed by atoms with Crippen molar-refractivity contribution in [3.8, 4) is 0 Å². The van der Waals surface area contributed by atoms with Crippen LogP contribution < -0.4 is 41.2 Å². The second-order valence-corrected chi connectivity index (χ2v) is 21.8. The molecule has 4 aromatic carbocycles. The van der Waals surface area contributed by atoms with E-state index < -0.39 is 0 Å². The number of thiazole rings is 1. The van der Waals surface area contributed by atoms with Gasteiger partial charge in [-0.3, -0.25) is 4.98 Å². The van der Waals surface area contributed by atoms with Crippen LogP contribution >= 0.6 is 11.3 Å². The fourth-order valence-electron chi connectivity index (χ4n) is 7.82. The maximum Gasteiger partial charge on any atom is 0.344 e. The maximum atomic E-state index is 5.46. The molecule has 0 saturated heterocycles. The molecule has 15 nitrogen and oxygen atoms in total. The molecule has 0 spiro atoms. The molecular formula is C70H89N14OS+9. The minimum absolute atomic E-state index is 0.936. The maximum absolute atomic E-state index is 5.46. The van der Waals surface area contributed by atoms with Gasteiger partial charge in [-0.1, -0.05) is 80.6 Å². The Hall–Kier alpha value is -9.54. The molecule has 0 radical (unpaired) electrons. The van der Waals surface area contributed by atoms with E-state index in [1.807, 2.05) is 221 Å². The lowest BCUT2D eigenvalue weighted by molar-refractivity contribution is -0.736. The quantitative estimate of drug-likeness (QED) is 0.141. The number of aryl methyl sites for hydroxylation is 18. The van der Waals surface area contributed by atoms with Gasteiger partial charge in [0, 0.05) is 115 Å². The molecule has 0 fully saturated rings. The lowest BCUT2D eigenvalue weighted by Gasteiger charge is -1.97. The van der Waals surface area contributed by atoms with E-state index >= 15 is 0 Å². The van der Waals surface area contributed by atoms with Gasteiger partial charge < -0.3 is 4.42 Å². The molecule has 86 heavy (non-hydrogen) atoms. The van der Waals surface area contributed by atoms with Crippen molar-refractivity contribution in [3.05, 3.63) is 265 Å². The zero-order chi connectivity index (χ0) is 62.7. The average Bonchev–Trinajstić information content (AvgIpc) is 3.62. The summed E-state index contributed by atoms with van der Waals surface area (Å²) in [7, 11) is 18.2. The summed E-state index contributed by atoms with van der Waals surface area (Å²) in [5.74, 6) is 1.97. The average molecular weight is 1170 g/mol. The molecule has 0 unspecified atom stereocenters. The predicted molar refractivity (Wildman–Crippen MR) is 340 cm³/mol. The predicted octanol–water partition coefficient (Wildman–Crippen LogP) is 8.62. The van der Waals surface area contributed by atoms with Gasteiger partial charge in [0.25, 0.3) is 17.7 Å². The van der Waals surface area contributed by atoms with E-state index in [2.05, 4.69) is 165 Å². The number of hydrogen-bond acceptors (Lipinski definition) is 7. The van der Waals surface area contributed by atoms with Crippen LogP contribution in [0.25, 0.3) is 43.3 Å². The Balaban J connectivity index is 0.000000178. The van der Waals surface area contributed by atoms with E-state index in [0.29, 0.717) is 0 Å². The minimum Gasteiger partial charge on any atom is -0.402 e. The van der Waals surface area contributed by atoms with E-state index in [4.69, 9.17) is 4.42 Å². The molecule has 442 valence electrons. The molecule has 0 aliphatic carbocycles. The Kier molecular flexibility index (Phi) is 26.8. The minimum atomic E-state index is 0.936. The first-order valence-corrected chi connectivity index (χ1v) is 29.2. The smallest absolute Gasteiger partial charge is 0.344 e. The molecule has 0 bridgehead atoms. The summed E-state index contributed by atoms with van der Waals surface area (Å²) >= 11 is 1.84. The van der Waals surface area contributed by atoms with E-state index in [0.717, 1.165) is 28.3 Å². The number of benzene rings is 4. The second-order valence-electron chi connectivity index (χ2n) is 20.5. The first-order valence-electron chi connectivity index (χ1n) is 28.4. The van der Waals surface area contributed by atoms with Gasteiger partial charge in [0.15, 0.2) is 42.2 Å². The highest BCUT2D eigenvalue weighted by molar-refractivity contribution is 7.18. The molecule has 0 aliphatic rings. The van der Waals surface area contributed by atoms with E-state index in [9.17, 15) is 0 Å². The molecule has 16 heteroatoms. The number of para-hydroxylation sites is 6. The number of pyridine rings is 2. The summed E-state index contributed by atoms with van der Waals surface area (Å²) in [6.45, 7) is 18.4. The first-order chi connectivity index (χ1) is 41.2. The third-order valence-electron chi connectivity index (χ3n) is 14.5. The molecule has 0 N–H and O–H groups in total. The summed E-state index contributed by atoms with van der Waals surface area (Å²) in [6, 6.07) is 51.3. The number of hydrogen-bond donors (Lipinski definition) is 0. The Morgan fingerprint density at radius 1 is 0.372 bits per heavy atom. The summed E-state index contributed by atoms with van der Waals surface area (Å²) < 4.78 is 25.3. The van der Waals surface area contributed by atoms with Crippen molar-refractivity contribution in [2.24, 2.45) is 63.4 Å². The van der Waals surface area contributed by atoms with Crippen molar-refractivity contribution in [2.45, 2.75) is 62.3 Å². The standard InChI is InChI=1S/C11H12N.C10H11N2.C9H10NO.C9H10NS.C7H10N.4C6H9N2/c1-9-7-8-10-5-3-4-6-11(10)12(9)2;1-8-7-11-9-5-3-4-6-10(9)12(8)2;2*1-7-10(2)8-5-3-4-6-9(8)11-7;1-7-5-3-4-6-8(7)2;1-6-5-7-3-4-8(6)2;1-6-3-4-7-5-8(6)2;1-6-7-4-3-5-8(6)2;1-6-4-3-5-7-8(6)2/h3-8H,1-2H3;3-7H,1-2H3;2*3-6H,1-2H3;3-6H,1-2H3;4*3-5H,1-2H3/q9*+1. The number of rotatable bonds is 0. The third kappa shape index (κ3) is 20.7. The molecule has 9 heterocycles. The number of nitrogens with zero attached hydrogens (tertiary/aromatic N) is 14. The van der Waals surface area contributed by atoms with Crippen molar-refractivity contribution in [3.63, 3.8) is 0 Å². The van der Waals surface area contributed by atoms with Crippen LogP contribution in [-0.4, -0.2) is 25.0 Å². The topological polar surface area (TPSA) is 113 Å². The number of fused-ring (bicyclic) bond motifs is 4. The van der Waals surface area contributed by atoms with Gasteiger partial charge in [0.05, 0.1) is 52.0 Å². The van der Waals surface area contributed by atoms with E-state index in [1.165, 1.54) is 65.8 Å². The Morgan fingerprint density at radius 3 is 1.53 bits per heavy atom. The van der Waals surface area contributed by atoms with Gasteiger partial charge in [0.2, 0.25) is 32.8 Å². The summed E-state index contributed by atoms with van der Waals surface area (Å²) in [5, 5.41) is 6.65. The van der Waals surface area contributed by atoms with Crippen molar-refractivity contribution < 1.29 is 45.6 Å². The lowest BCUT2D eigenvalue weighted by atomic mass is 10.2. The van der Waals surface area contributed by atoms with Crippen LogP contribution in [0.15, 0.2) is 218 Å². The van der Waals surface area contributed by atoms with Crippen LogP contribution in [-0.2, 0) is 63.4 Å². The van der Waals surface area contributed by atoms with Gasteiger partial charge >= 0.3 is 5.89 Å². The highest BCUT2D eigenvalue weighted by Gasteiger charge is 2.13. The lowest BCUT2D eigenvalue weighted by Crippen LogP contribution is -2.35. The fourth-order valence-corrected chi connectivity index (χ4v) is 8.83. The molecule has 13 aromatic rings. The molecule has 0 aliphatic heterocycles. The van der Waals surface area contributed by atoms with Gasteiger partial charge in [0.1, 0.15) is 70.6 Å². The van der Waals surface area contributed by atoms with Gasteiger partial charge in [-0.15, -0.1) is 0 Å². The van der Waals surface area contributed by atoms with Gasteiger partial charge in [-0.25, -0.2) is 23.3 Å². The van der Waals surface area contributed by atoms with Crippen molar-refractivity contribution >= 4 is 54.6 Å². The zero-order valence-electron chi connectivity index (χ0n) is 53.8. The Morgan fingerprint density at radius 2 is 0.977 bits per heavy atom. The monoisotopic (exact) mass is 1170 g/mol. The fraction of sp³-hybridized carbons (Fsp3) is 0.257. The molecule has 13 rings (SSSR count). The molecule has 0 amide bonds. The highest BCUT2D eigenvalue weighted by atomic mass is 32.1. The van der Waals surface area contributed by atoms with Crippen LogP contribution in [0.3, 0.4) is 0 Å². The van der Waals surface area contributed by atoms with Gasteiger partial charge in [-0.05, 0) is 48.4 Å². The van der Waals surface area contributed by atoms with Crippen molar-refractivity contribution in [2.75, 3.05) is 0 Å². The van der Waals surface area contributed by atoms with Crippen LogP contribution in [0.4, 0.5) is 0 Å². The van der Waals surface area contributed by atoms with Crippen molar-refractivity contribution in [1.29, 1.82) is 0 Å². The zero-order valence-corrected chi connectivity index (χ0v) is 54.6. The van der Waals surface area contributed by atoms with E-state index in [-0.39, 0.29) is 0 Å². The van der Waals surface area contributed by atoms with Crippen molar-refractivity contribution in [1.82, 2.24) is 25.0 Å². The number of aromatic nitrogens is 14.